The Morgan fingerprint density at radius 2 is 2.11 bits per heavy atom. The van der Waals surface area contributed by atoms with Gasteiger partial charge < -0.3 is 10.2 Å². The molecule has 1 heterocycles. The van der Waals surface area contributed by atoms with Gasteiger partial charge in [0, 0.05) is 6.04 Å². The first-order valence-corrected chi connectivity index (χ1v) is 8.07. The zero-order valence-electron chi connectivity index (χ0n) is 12.6. The Labute approximate surface area is 118 Å². The Morgan fingerprint density at radius 1 is 1.26 bits per heavy atom. The SMILES string of the molecule is CCC1CCCN(C2CCCC(C#N)(NC)C2)CC1. The molecule has 1 aliphatic heterocycles. The van der Waals surface area contributed by atoms with Gasteiger partial charge in [0.15, 0.2) is 0 Å². The number of rotatable bonds is 3. The zero-order chi connectivity index (χ0) is 13.7. The molecule has 1 aliphatic carbocycles. The third-order valence-electron chi connectivity index (χ3n) is 5.39. The summed E-state index contributed by atoms with van der Waals surface area (Å²) < 4.78 is 0. The van der Waals surface area contributed by atoms with Crippen molar-refractivity contribution in [3.63, 3.8) is 0 Å². The van der Waals surface area contributed by atoms with Crippen LogP contribution in [0.4, 0.5) is 0 Å². The van der Waals surface area contributed by atoms with E-state index < -0.39 is 0 Å². The lowest BCUT2D eigenvalue weighted by Gasteiger charge is -2.41. The molecule has 0 aromatic carbocycles. The van der Waals surface area contributed by atoms with E-state index in [-0.39, 0.29) is 5.54 Å². The molecule has 108 valence electrons. The summed E-state index contributed by atoms with van der Waals surface area (Å²) in [6.07, 6.45) is 9.92. The van der Waals surface area contributed by atoms with Gasteiger partial charge in [0.1, 0.15) is 5.54 Å². The van der Waals surface area contributed by atoms with Crippen LogP contribution < -0.4 is 5.32 Å². The fraction of sp³-hybridized carbons (Fsp3) is 0.938. The summed E-state index contributed by atoms with van der Waals surface area (Å²) >= 11 is 0. The minimum Gasteiger partial charge on any atom is -0.302 e. The van der Waals surface area contributed by atoms with Crippen molar-refractivity contribution >= 4 is 0 Å². The van der Waals surface area contributed by atoms with Crippen molar-refractivity contribution < 1.29 is 0 Å². The van der Waals surface area contributed by atoms with Crippen LogP contribution in [0.25, 0.3) is 0 Å². The van der Waals surface area contributed by atoms with Crippen molar-refractivity contribution in [3.05, 3.63) is 0 Å². The highest BCUT2D eigenvalue weighted by molar-refractivity contribution is 5.10. The van der Waals surface area contributed by atoms with Crippen molar-refractivity contribution in [3.8, 4) is 6.07 Å². The minimum absolute atomic E-state index is 0.265. The standard InChI is InChI=1S/C16H29N3/c1-3-14-6-5-10-19(11-8-14)15-7-4-9-16(12-15,13-17)18-2/h14-15,18H,3-12H2,1-2H3. The second kappa shape index (κ2) is 6.72. The van der Waals surface area contributed by atoms with Crippen molar-refractivity contribution in [1.82, 2.24) is 10.2 Å². The Balaban J connectivity index is 1.96. The number of nitrogens with zero attached hydrogens (tertiary/aromatic N) is 2. The zero-order valence-corrected chi connectivity index (χ0v) is 12.6. The third kappa shape index (κ3) is 3.49. The number of hydrogen-bond donors (Lipinski definition) is 1. The summed E-state index contributed by atoms with van der Waals surface area (Å²) in [5, 5.41) is 12.7. The highest BCUT2D eigenvalue weighted by atomic mass is 15.2. The smallest absolute Gasteiger partial charge is 0.108 e. The topological polar surface area (TPSA) is 39.1 Å². The van der Waals surface area contributed by atoms with Crippen LogP contribution in [0.1, 0.15) is 58.3 Å². The van der Waals surface area contributed by atoms with Gasteiger partial charge in [-0.1, -0.05) is 13.3 Å². The molecule has 0 spiro atoms. The van der Waals surface area contributed by atoms with E-state index in [2.05, 4.69) is 23.2 Å². The molecule has 0 aromatic heterocycles. The number of nitrogens with one attached hydrogen (secondary N) is 1. The third-order valence-corrected chi connectivity index (χ3v) is 5.39. The predicted molar refractivity (Wildman–Crippen MR) is 78.9 cm³/mol. The summed E-state index contributed by atoms with van der Waals surface area (Å²) in [6, 6.07) is 3.16. The fourth-order valence-corrected chi connectivity index (χ4v) is 3.90. The van der Waals surface area contributed by atoms with Crippen molar-refractivity contribution in [2.24, 2.45) is 5.92 Å². The molecule has 0 radical (unpaired) electrons. The normalized spacial score (nSPS) is 37.5. The highest BCUT2D eigenvalue weighted by Gasteiger charge is 2.37. The first-order valence-electron chi connectivity index (χ1n) is 8.07. The maximum atomic E-state index is 9.46. The van der Waals surface area contributed by atoms with Crippen LogP contribution in [0.5, 0.6) is 0 Å². The molecule has 0 bridgehead atoms. The Hall–Kier alpha value is -0.590. The van der Waals surface area contributed by atoms with E-state index in [9.17, 15) is 5.26 Å². The molecule has 3 unspecified atom stereocenters. The molecular weight excluding hydrogens is 234 g/mol. The van der Waals surface area contributed by atoms with Crippen LogP contribution in [0, 0.1) is 17.2 Å². The van der Waals surface area contributed by atoms with Crippen molar-refractivity contribution in [1.29, 1.82) is 5.26 Å². The van der Waals surface area contributed by atoms with E-state index in [0.717, 1.165) is 18.8 Å². The van der Waals surface area contributed by atoms with Gasteiger partial charge in [-0.05, 0) is 71.0 Å². The Kier molecular flexibility index (Phi) is 5.24. The van der Waals surface area contributed by atoms with Crippen molar-refractivity contribution in [2.75, 3.05) is 20.1 Å². The Morgan fingerprint density at radius 3 is 2.79 bits per heavy atom. The number of nitriles is 1. The average molecular weight is 263 g/mol. The molecular formula is C16H29N3. The molecule has 1 N–H and O–H groups in total. The second-order valence-corrected chi connectivity index (χ2v) is 6.44. The van der Waals surface area contributed by atoms with Crippen LogP contribution >= 0.6 is 0 Å². The average Bonchev–Trinajstić information content (AvgIpc) is 2.72. The van der Waals surface area contributed by atoms with Gasteiger partial charge in [0.25, 0.3) is 0 Å². The molecule has 3 heteroatoms. The van der Waals surface area contributed by atoms with E-state index in [0.29, 0.717) is 6.04 Å². The van der Waals surface area contributed by atoms with Gasteiger partial charge in [0.2, 0.25) is 0 Å². The van der Waals surface area contributed by atoms with Gasteiger partial charge in [-0.15, -0.1) is 0 Å². The lowest BCUT2D eigenvalue weighted by Crippen LogP contribution is -2.51. The van der Waals surface area contributed by atoms with E-state index in [1.165, 1.54) is 51.6 Å². The highest BCUT2D eigenvalue weighted by Crippen LogP contribution is 2.32. The maximum Gasteiger partial charge on any atom is 0.108 e. The monoisotopic (exact) mass is 263 g/mol. The first kappa shape index (κ1) is 14.8. The quantitative estimate of drug-likeness (QED) is 0.851. The molecule has 2 aliphatic rings. The van der Waals surface area contributed by atoms with E-state index in [1.54, 1.807) is 0 Å². The molecule has 2 rings (SSSR count). The summed E-state index contributed by atoms with van der Waals surface area (Å²) in [5.74, 6) is 0.929. The molecule has 0 aromatic rings. The molecule has 19 heavy (non-hydrogen) atoms. The molecule has 1 saturated heterocycles. The van der Waals surface area contributed by atoms with Gasteiger partial charge in [-0.3, -0.25) is 0 Å². The molecule has 2 fully saturated rings. The predicted octanol–water partition coefficient (Wildman–Crippen LogP) is 2.92. The van der Waals surface area contributed by atoms with Gasteiger partial charge >= 0.3 is 0 Å². The lowest BCUT2D eigenvalue weighted by molar-refractivity contribution is 0.125. The largest absolute Gasteiger partial charge is 0.302 e. The first-order chi connectivity index (χ1) is 9.23. The summed E-state index contributed by atoms with van der Waals surface area (Å²) in [4.78, 5) is 2.68. The second-order valence-electron chi connectivity index (χ2n) is 6.44. The number of likely N-dealkylation sites (tertiary alicyclic amines) is 1. The van der Waals surface area contributed by atoms with Crippen LogP contribution in [-0.2, 0) is 0 Å². The van der Waals surface area contributed by atoms with E-state index >= 15 is 0 Å². The maximum absolute atomic E-state index is 9.46. The summed E-state index contributed by atoms with van der Waals surface area (Å²) in [6.45, 7) is 4.81. The number of hydrogen-bond acceptors (Lipinski definition) is 3. The molecule has 3 nitrogen and oxygen atoms in total. The van der Waals surface area contributed by atoms with Gasteiger partial charge in [0.05, 0.1) is 6.07 Å². The fourth-order valence-electron chi connectivity index (χ4n) is 3.90. The molecule has 1 saturated carbocycles. The van der Waals surface area contributed by atoms with E-state index in [1.807, 2.05) is 7.05 Å². The summed E-state index contributed by atoms with van der Waals surface area (Å²) in [5.41, 5.74) is -0.265. The molecule has 3 atom stereocenters. The van der Waals surface area contributed by atoms with Gasteiger partial charge in [-0.25, -0.2) is 0 Å². The van der Waals surface area contributed by atoms with E-state index in [4.69, 9.17) is 0 Å². The van der Waals surface area contributed by atoms with Crippen LogP contribution in [0.3, 0.4) is 0 Å². The van der Waals surface area contributed by atoms with Crippen molar-refractivity contribution in [2.45, 2.75) is 69.9 Å². The minimum atomic E-state index is -0.265. The van der Waals surface area contributed by atoms with Crippen LogP contribution in [0.15, 0.2) is 0 Å². The van der Waals surface area contributed by atoms with Crippen LogP contribution in [-0.4, -0.2) is 36.6 Å². The molecule has 0 amide bonds. The lowest BCUT2D eigenvalue weighted by atomic mass is 9.79. The van der Waals surface area contributed by atoms with Gasteiger partial charge in [-0.2, -0.15) is 5.26 Å². The Bertz CT molecular complexity index is 322. The summed E-state index contributed by atoms with van der Waals surface area (Å²) in [7, 11) is 1.95. The van der Waals surface area contributed by atoms with Crippen LogP contribution in [0.2, 0.25) is 0 Å².